The predicted molar refractivity (Wildman–Crippen MR) is 75.9 cm³/mol. The fourth-order valence-corrected chi connectivity index (χ4v) is 3.10. The molecule has 0 bridgehead atoms. The van der Waals surface area contributed by atoms with Crippen molar-refractivity contribution in [1.29, 1.82) is 0 Å². The Balaban J connectivity index is 2.12. The van der Waals surface area contributed by atoms with E-state index < -0.39 is 18.2 Å². The third-order valence-corrected chi connectivity index (χ3v) is 4.26. The third kappa shape index (κ3) is 3.93. The Bertz CT molecular complexity index is 388. The maximum Gasteiger partial charge on any atom is 0.330 e. The van der Waals surface area contributed by atoms with Crippen LogP contribution in [0.2, 0.25) is 0 Å². The van der Waals surface area contributed by atoms with Crippen LogP contribution in [-0.4, -0.2) is 34.5 Å². The molecule has 0 aromatic carbocycles. The van der Waals surface area contributed by atoms with Crippen LogP contribution in [0.25, 0.3) is 0 Å². The van der Waals surface area contributed by atoms with Crippen LogP contribution >= 0.6 is 0 Å². The number of hydrogen-bond acceptors (Lipinski definition) is 4. The van der Waals surface area contributed by atoms with Gasteiger partial charge in [-0.3, -0.25) is 0 Å². The van der Waals surface area contributed by atoms with Crippen LogP contribution in [0.15, 0.2) is 24.3 Å². The van der Waals surface area contributed by atoms with Gasteiger partial charge in [-0.2, -0.15) is 0 Å². The highest BCUT2D eigenvalue weighted by atomic mass is 16.5. The van der Waals surface area contributed by atoms with E-state index in [0.717, 1.165) is 25.7 Å². The first-order chi connectivity index (χ1) is 9.58. The number of ether oxygens (including phenoxy) is 1. The monoisotopic (exact) mass is 280 g/mol. The molecule has 5 atom stereocenters. The highest BCUT2D eigenvalue weighted by Gasteiger charge is 2.36. The summed E-state index contributed by atoms with van der Waals surface area (Å²) in [6.07, 6.45) is 9.85. The quantitative estimate of drug-likeness (QED) is 0.526. The fourth-order valence-electron chi connectivity index (χ4n) is 3.10. The molecule has 0 unspecified atom stereocenters. The molecule has 1 aliphatic carbocycles. The topological polar surface area (TPSA) is 66.8 Å². The van der Waals surface area contributed by atoms with Crippen LogP contribution in [0.4, 0.5) is 0 Å². The lowest BCUT2D eigenvalue weighted by Gasteiger charge is -2.21. The molecule has 0 aromatic rings. The van der Waals surface area contributed by atoms with Gasteiger partial charge in [0.15, 0.2) is 0 Å². The number of cyclic esters (lactones) is 1. The van der Waals surface area contributed by atoms with E-state index in [-0.39, 0.29) is 17.9 Å². The van der Waals surface area contributed by atoms with Crippen molar-refractivity contribution >= 4 is 5.97 Å². The van der Waals surface area contributed by atoms with Gasteiger partial charge in [0.25, 0.3) is 0 Å². The van der Waals surface area contributed by atoms with Crippen molar-refractivity contribution in [1.82, 2.24) is 0 Å². The molecular weight excluding hydrogens is 256 g/mol. The number of carbonyl (C=O) groups is 1. The summed E-state index contributed by atoms with van der Waals surface area (Å²) in [4.78, 5) is 11.6. The molecule has 1 heterocycles. The summed E-state index contributed by atoms with van der Waals surface area (Å²) in [5.74, 6) is -0.453. The summed E-state index contributed by atoms with van der Waals surface area (Å²) in [6.45, 7) is 1.88. The van der Waals surface area contributed by atoms with E-state index in [1.165, 1.54) is 12.2 Å². The number of aliphatic hydroxyl groups is 2. The number of fused-ring (bicyclic) bond motifs is 1. The Morgan fingerprint density at radius 2 is 2.00 bits per heavy atom. The summed E-state index contributed by atoms with van der Waals surface area (Å²) in [5, 5.41) is 20.2. The normalized spacial score (nSPS) is 39.4. The molecule has 0 spiro atoms. The average molecular weight is 280 g/mol. The molecule has 0 saturated heterocycles. The Morgan fingerprint density at radius 1 is 1.20 bits per heavy atom. The highest BCUT2D eigenvalue weighted by molar-refractivity contribution is 5.82. The lowest BCUT2D eigenvalue weighted by atomic mass is 9.89. The smallest absolute Gasteiger partial charge is 0.330 e. The van der Waals surface area contributed by atoms with Crippen molar-refractivity contribution in [2.45, 2.75) is 57.3 Å². The molecule has 4 heteroatoms. The summed E-state index contributed by atoms with van der Waals surface area (Å²) < 4.78 is 5.23. The van der Waals surface area contributed by atoms with Crippen molar-refractivity contribution < 1.29 is 19.7 Å². The van der Waals surface area contributed by atoms with Gasteiger partial charge in [-0.05, 0) is 51.0 Å². The van der Waals surface area contributed by atoms with Crippen molar-refractivity contribution in [2.24, 2.45) is 11.8 Å². The second-order valence-electron chi connectivity index (χ2n) is 5.84. The second-order valence-corrected chi connectivity index (χ2v) is 5.84. The van der Waals surface area contributed by atoms with Crippen LogP contribution in [0.1, 0.15) is 39.0 Å². The molecular formula is C16H24O4. The fraction of sp³-hybridized carbons (Fsp3) is 0.688. The summed E-state index contributed by atoms with van der Waals surface area (Å²) in [5.41, 5.74) is 0. The van der Waals surface area contributed by atoms with Gasteiger partial charge in [0.2, 0.25) is 0 Å². The minimum absolute atomic E-state index is 0.0242. The predicted octanol–water partition coefficient (Wildman–Crippen LogP) is 1.96. The van der Waals surface area contributed by atoms with Gasteiger partial charge < -0.3 is 14.9 Å². The van der Waals surface area contributed by atoms with Crippen molar-refractivity contribution in [3.8, 4) is 0 Å². The number of allylic oxidation sites excluding steroid dienone is 1. The SMILES string of the molecule is C[C@@H]1CCCC=C[C@H]2[C@@H](CC[C@H]2O)[C@@H](O)C=CC(=O)O1. The number of esters is 1. The van der Waals surface area contributed by atoms with E-state index in [1.807, 2.05) is 13.0 Å². The second kappa shape index (κ2) is 7.04. The Kier molecular flexibility index (Phi) is 5.38. The van der Waals surface area contributed by atoms with Crippen LogP contribution in [0.5, 0.6) is 0 Å². The number of aliphatic hydroxyl groups excluding tert-OH is 2. The average Bonchev–Trinajstić information content (AvgIpc) is 2.76. The number of hydrogen-bond donors (Lipinski definition) is 2. The molecule has 0 aromatic heterocycles. The van der Waals surface area contributed by atoms with Gasteiger partial charge in [0.1, 0.15) is 0 Å². The van der Waals surface area contributed by atoms with Crippen LogP contribution < -0.4 is 0 Å². The minimum atomic E-state index is -0.717. The van der Waals surface area contributed by atoms with Crippen LogP contribution in [0.3, 0.4) is 0 Å². The number of carbonyl (C=O) groups excluding carboxylic acids is 1. The summed E-state index contributed by atoms with van der Waals surface area (Å²) in [7, 11) is 0. The van der Waals surface area contributed by atoms with E-state index in [9.17, 15) is 15.0 Å². The Morgan fingerprint density at radius 3 is 2.80 bits per heavy atom. The summed E-state index contributed by atoms with van der Waals surface area (Å²) >= 11 is 0. The molecule has 0 radical (unpaired) electrons. The first-order valence-corrected chi connectivity index (χ1v) is 7.49. The summed E-state index contributed by atoms with van der Waals surface area (Å²) in [6, 6.07) is 0. The molecule has 2 N–H and O–H groups in total. The molecule has 20 heavy (non-hydrogen) atoms. The van der Waals surface area contributed by atoms with E-state index in [4.69, 9.17) is 4.74 Å². The molecule has 2 rings (SSSR count). The largest absolute Gasteiger partial charge is 0.460 e. The van der Waals surface area contributed by atoms with E-state index in [0.29, 0.717) is 6.42 Å². The van der Waals surface area contributed by atoms with Gasteiger partial charge in [-0.1, -0.05) is 12.2 Å². The zero-order valence-electron chi connectivity index (χ0n) is 11.9. The molecule has 1 saturated carbocycles. The maximum absolute atomic E-state index is 11.6. The van der Waals surface area contributed by atoms with Crippen LogP contribution in [0, 0.1) is 11.8 Å². The molecule has 2 aliphatic rings. The lowest BCUT2D eigenvalue weighted by molar-refractivity contribution is -0.142. The highest BCUT2D eigenvalue weighted by Crippen LogP contribution is 2.36. The third-order valence-electron chi connectivity index (χ3n) is 4.26. The first-order valence-electron chi connectivity index (χ1n) is 7.49. The van der Waals surface area contributed by atoms with Crippen LogP contribution in [-0.2, 0) is 9.53 Å². The number of rotatable bonds is 0. The Hall–Kier alpha value is -1.13. The van der Waals surface area contributed by atoms with Crippen molar-refractivity contribution in [3.63, 3.8) is 0 Å². The van der Waals surface area contributed by atoms with Crippen molar-refractivity contribution in [2.75, 3.05) is 0 Å². The van der Waals surface area contributed by atoms with E-state index in [2.05, 4.69) is 6.08 Å². The lowest BCUT2D eigenvalue weighted by Crippen LogP contribution is -2.26. The molecule has 0 amide bonds. The zero-order valence-corrected chi connectivity index (χ0v) is 11.9. The van der Waals surface area contributed by atoms with E-state index in [1.54, 1.807) is 0 Å². The van der Waals surface area contributed by atoms with Gasteiger partial charge in [0, 0.05) is 12.0 Å². The van der Waals surface area contributed by atoms with Gasteiger partial charge in [-0.15, -0.1) is 0 Å². The molecule has 4 nitrogen and oxygen atoms in total. The molecule has 1 fully saturated rings. The standard InChI is InChI=1S/C16H24O4/c1-11-5-3-2-4-6-12-13(7-8-14(12)17)15(18)9-10-16(19)20-11/h4,6,9-15,17-18H,2-3,5,7-8H2,1H3/t11-,12+,13-,14-,15+/m1/s1. The van der Waals surface area contributed by atoms with Gasteiger partial charge >= 0.3 is 5.97 Å². The van der Waals surface area contributed by atoms with Crippen molar-refractivity contribution in [3.05, 3.63) is 24.3 Å². The molecule has 112 valence electrons. The van der Waals surface area contributed by atoms with Gasteiger partial charge in [0.05, 0.1) is 18.3 Å². The Labute approximate surface area is 120 Å². The van der Waals surface area contributed by atoms with E-state index >= 15 is 0 Å². The first kappa shape index (κ1) is 15.3. The van der Waals surface area contributed by atoms with Gasteiger partial charge in [-0.25, -0.2) is 4.79 Å². The maximum atomic E-state index is 11.6. The molecule has 1 aliphatic heterocycles. The minimum Gasteiger partial charge on any atom is -0.460 e. The zero-order chi connectivity index (χ0) is 14.5.